The Morgan fingerprint density at radius 1 is 1.00 bits per heavy atom. The Hall–Kier alpha value is -1.80. The Kier molecular flexibility index (Phi) is 5.63. The van der Waals surface area contributed by atoms with E-state index in [0.29, 0.717) is 0 Å². The second-order valence-electron chi connectivity index (χ2n) is 4.36. The number of hydrogen-bond donors (Lipinski definition) is 0. The lowest BCUT2D eigenvalue weighted by atomic mass is 10.1. The van der Waals surface area contributed by atoms with Crippen LogP contribution in [-0.4, -0.2) is 12.5 Å². The number of allylic oxidation sites excluding steroid dienone is 1. The normalized spacial score (nSPS) is 12.5. The van der Waals surface area contributed by atoms with Crippen molar-refractivity contribution in [2.45, 2.75) is 13.3 Å². The van der Waals surface area contributed by atoms with E-state index in [4.69, 9.17) is 4.99 Å². The fourth-order valence-electron chi connectivity index (χ4n) is 1.99. The first kappa shape index (κ1) is 14.6. The van der Waals surface area contributed by atoms with E-state index in [-0.39, 0.29) is 0 Å². The molecule has 0 aliphatic heterocycles. The Morgan fingerprint density at radius 3 is 2.15 bits per heavy atom. The zero-order chi connectivity index (χ0) is 14.2. The molecule has 0 saturated heterocycles. The standard InChI is InChI=1S/C18H19NS/c1-3-17(20-2)18(16-12-8-5-9-13-16)19-14-15-10-6-4-7-11-15/h4-14H,3H2,1-2H3/b18-17-,19-14?. The van der Waals surface area contributed by atoms with Crippen molar-refractivity contribution in [2.75, 3.05) is 6.26 Å². The zero-order valence-electron chi connectivity index (χ0n) is 11.9. The lowest BCUT2D eigenvalue weighted by Crippen LogP contribution is -1.88. The summed E-state index contributed by atoms with van der Waals surface area (Å²) in [6.45, 7) is 2.17. The number of benzene rings is 2. The summed E-state index contributed by atoms with van der Waals surface area (Å²) in [4.78, 5) is 6.05. The number of rotatable bonds is 5. The largest absolute Gasteiger partial charge is 0.255 e. The van der Waals surface area contributed by atoms with Gasteiger partial charge in [0.25, 0.3) is 0 Å². The molecule has 0 heterocycles. The molecule has 0 atom stereocenters. The van der Waals surface area contributed by atoms with Gasteiger partial charge in [0.05, 0.1) is 5.70 Å². The second kappa shape index (κ2) is 7.71. The smallest absolute Gasteiger partial charge is 0.0796 e. The van der Waals surface area contributed by atoms with Crippen molar-refractivity contribution in [3.05, 3.63) is 76.7 Å². The second-order valence-corrected chi connectivity index (χ2v) is 5.27. The lowest BCUT2D eigenvalue weighted by molar-refractivity contribution is 1.19. The molecule has 102 valence electrons. The molecule has 2 aromatic rings. The van der Waals surface area contributed by atoms with Crippen molar-refractivity contribution in [1.29, 1.82) is 0 Å². The van der Waals surface area contributed by atoms with Gasteiger partial charge in [-0.2, -0.15) is 0 Å². The van der Waals surface area contributed by atoms with E-state index in [9.17, 15) is 0 Å². The molecular formula is C18H19NS. The summed E-state index contributed by atoms with van der Waals surface area (Å²) in [5, 5.41) is 0. The molecule has 0 aliphatic carbocycles. The molecule has 0 unspecified atom stereocenters. The molecule has 20 heavy (non-hydrogen) atoms. The maximum atomic E-state index is 4.74. The molecular weight excluding hydrogens is 262 g/mol. The van der Waals surface area contributed by atoms with E-state index < -0.39 is 0 Å². The molecule has 0 fully saturated rings. The van der Waals surface area contributed by atoms with E-state index in [2.05, 4.69) is 49.6 Å². The van der Waals surface area contributed by atoms with E-state index >= 15 is 0 Å². The molecule has 0 amide bonds. The van der Waals surface area contributed by atoms with Gasteiger partial charge in [0, 0.05) is 16.7 Å². The highest BCUT2D eigenvalue weighted by Gasteiger charge is 2.05. The van der Waals surface area contributed by atoms with Crippen LogP contribution < -0.4 is 0 Å². The van der Waals surface area contributed by atoms with E-state index in [1.54, 1.807) is 11.8 Å². The van der Waals surface area contributed by atoms with Crippen molar-refractivity contribution in [3.63, 3.8) is 0 Å². The minimum absolute atomic E-state index is 0.998. The van der Waals surface area contributed by atoms with Gasteiger partial charge in [-0.3, -0.25) is 4.99 Å². The van der Waals surface area contributed by atoms with Gasteiger partial charge in [-0.05, 0) is 18.2 Å². The molecule has 0 bridgehead atoms. The average molecular weight is 281 g/mol. The van der Waals surface area contributed by atoms with Gasteiger partial charge in [0.2, 0.25) is 0 Å². The average Bonchev–Trinajstić information content (AvgIpc) is 2.53. The van der Waals surface area contributed by atoms with Crippen LogP contribution in [0.4, 0.5) is 0 Å². The SMILES string of the molecule is CC/C(SC)=C(/N=Cc1ccccc1)c1ccccc1. The first-order valence-electron chi connectivity index (χ1n) is 6.76. The molecule has 2 aromatic carbocycles. The third-order valence-corrected chi connectivity index (χ3v) is 4.00. The van der Waals surface area contributed by atoms with Crippen LogP contribution in [0.5, 0.6) is 0 Å². The maximum absolute atomic E-state index is 4.74. The Balaban J connectivity index is 2.39. The summed E-state index contributed by atoms with van der Waals surface area (Å²) in [5.41, 5.74) is 3.37. The van der Waals surface area contributed by atoms with Crippen molar-refractivity contribution >= 4 is 23.7 Å². The minimum atomic E-state index is 0.998. The van der Waals surface area contributed by atoms with Crippen molar-refractivity contribution in [3.8, 4) is 0 Å². The number of aliphatic imine (C=N–C) groups is 1. The number of thioether (sulfide) groups is 1. The molecule has 0 spiro atoms. The van der Waals surface area contributed by atoms with E-state index in [1.807, 2.05) is 30.5 Å². The molecule has 1 nitrogen and oxygen atoms in total. The summed E-state index contributed by atoms with van der Waals surface area (Å²) in [6.07, 6.45) is 5.05. The molecule has 0 aromatic heterocycles. The van der Waals surface area contributed by atoms with E-state index in [1.165, 1.54) is 10.5 Å². The summed E-state index contributed by atoms with van der Waals surface area (Å²) in [6, 6.07) is 20.6. The quantitative estimate of drug-likeness (QED) is 0.682. The summed E-state index contributed by atoms with van der Waals surface area (Å²) in [5.74, 6) is 0. The summed E-state index contributed by atoms with van der Waals surface area (Å²) >= 11 is 1.77. The lowest BCUT2D eigenvalue weighted by Gasteiger charge is -2.08. The van der Waals surface area contributed by atoms with Gasteiger partial charge in [-0.25, -0.2) is 0 Å². The van der Waals surface area contributed by atoms with Gasteiger partial charge in [0.1, 0.15) is 0 Å². The highest BCUT2D eigenvalue weighted by molar-refractivity contribution is 8.02. The fraction of sp³-hybridized carbons (Fsp3) is 0.167. The Bertz CT molecular complexity index is 579. The van der Waals surface area contributed by atoms with Crippen LogP contribution in [0, 0.1) is 0 Å². The third-order valence-electron chi connectivity index (χ3n) is 3.02. The monoisotopic (exact) mass is 281 g/mol. The number of nitrogens with zero attached hydrogens (tertiary/aromatic N) is 1. The zero-order valence-corrected chi connectivity index (χ0v) is 12.7. The van der Waals surface area contributed by atoms with Gasteiger partial charge in [0.15, 0.2) is 0 Å². The minimum Gasteiger partial charge on any atom is -0.255 e. The summed E-state index contributed by atoms with van der Waals surface area (Å²) in [7, 11) is 0. The van der Waals surface area contributed by atoms with Gasteiger partial charge >= 0.3 is 0 Å². The molecule has 2 rings (SSSR count). The molecule has 2 heteroatoms. The maximum Gasteiger partial charge on any atom is 0.0796 e. The Morgan fingerprint density at radius 2 is 1.60 bits per heavy atom. The summed E-state index contributed by atoms with van der Waals surface area (Å²) < 4.78 is 0. The van der Waals surface area contributed by atoms with Crippen LogP contribution in [0.2, 0.25) is 0 Å². The molecule has 0 saturated carbocycles. The van der Waals surface area contributed by atoms with Crippen molar-refractivity contribution < 1.29 is 0 Å². The molecule has 0 radical (unpaired) electrons. The van der Waals surface area contributed by atoms with Crippen LogP contribution in [0.3, 0.4) is 0 Å². The molecule has 0 aliphatic rings. The van der Waals surface area contributed by atoms with E-state index in [0.717, 1.165) is 17.7 Å². The van der Waals surface area contributed by atoms with Crippen molar-refractivity contribution in [2.24, 2.45) is 4.99 Å². The highest BCUT2D eigenvalue weighted by Crippen LogP contribution is 2.28. The van der Waals surface area contributed by atoms with Crippen LogP contribution in [0.1, 0.15) is 24.5 Å². The van der Waals surface area contributed by atoms with Gasteiger partial charge in [-0.1, -0.05) is 67.6 Å². The van der Waals surface area contributed by atoms with Crippen LogP contribution in [0.15, 0.2) is 70.6 Å². The molecule has 0 N–H and O–H groups in total. The Labute approximate surface area is 125 Å². The fourth-order valence-corrected chi connectivity index (χ4v) is 2.64. The van der Waals surface area contributed by atoms with Crippen molar-refractivity contribution in [1.82, 2.24) is 0 Å². The van der Waals surface area contributed by atoms with Gasteiger partial charge < -0.3 is 0 Å². The third kappa shape index (κ3) is 3.84. The first-order valence-corrected chi connectivity index (χ1v) is 7.99. The first-order chi connectivity index (χ1) is 9.85. The highest BCUT2D eigenvalue weighted by atomic mass is 32.2. The van der Waals surface area contributed by atoms with Gasteiger partial charge in [-0.15, -0.1) is 11.8 Å². The number of hydrogen-bond acceptors (Lipinski definition) is 2. The topological polar surface area (TPSA) is 12.4 Å². The van der Waals surface area contributed by atoms with Crippen LogP contribution in [0.25, 0.3) is 5.70 Å². The predicted octanol–water partition coefficient (Wildman–Crippen LogP) is 5.25. The van der Waals surface area contributed by atoms with Crippen LogP contribution in [-0.2, 0) is 0 Å². The predicted molar refractivity (Wildman–Crippen MR) is 91.2 cm³/mol. The van der Waals surface area contributed by atoms with Crippen LogP contribution >= 0.6 is 11.8 Å².